The minimum Gasteiger partial charge on any atom is -0.476 e. The quantitative estimate of drug-likeness (QED) is 0.911. The fourth-order valence-electron chi connectivity index (χ4n) is 1.52. The SMILES string of the molecule is Cc1ccc(Cn2ccc(C(=O)O)n2)c(Cl)c1. The molecule has 2 aromatic rings. The van der Waals surface area contributed by atoms with Crippen LogP contribution < -0.4 is 0 Å². The number of benzene rings is 1. The number of aromatic nitrogens is 2. The summed E-state index contributed by atoms with van der Waals surface area (Å²) in [6.45, 7) is 2.43. The zero-order valence-corrected chi connectivity index (χ0v) is 9.98. The van der Waals surface area contributed by atoms with Gasteiger partial charge in [-0.05, 0) is 30.2 Å². The summed E-state index contributed by atoms with van der Waals surface area (Å²) in [4.78, 5) is 10.7. The Morgan fingerprint density at radius 3 is 2.82 bits per heavy atom. The lowest BCUT2D eigenvalue weighted by Gasteiger charge is -2.05. The van der Waals surface area contributed by atoms with Crippen LogP contribution in [0.1, 0.15) is 21.6 Å². The molecule has 2 rings (SSSR count). The van der Waals surface area contributed by atoms with Crippen LogP contribution >= 0.6 is 11.6 Å². The molecule has 0 unspecified atom stereocenters. The van der Waals surface area contributed by atoms with Gasteiger partial charge >= 0.3 is 5.97 Å². The van der Waals surface area contributed by atoms with E-state index in [1.54, 1.807) is 10.9 Å². The second-order valence-corrected chi connectivity index (χ2v) is 4.21. The maximum atomic E-state index is 10.7. The molecule has 1 heterocycles. The summed E-state index contributed by atoms with van der Waals surface area (Å²) in [6.07, 6.45) is 1.62. The highest BCUT2D eigenvalue weighted by Crippen LogP contribution is 2.18. The molecule has 0 aliphatic rings. The predicted molar refractivity (Wildman–Crippen MR) is 64.5 cm³/mol. The maximum absolute atomic E-state index is 10.7. The first-order valence-corrected chi connectivity index (χ1v) is 5.46. The van der Waals surface area contributed by atoms with Gasteiger partial charge in [0.25, 0.3) is 0 Å². The van der Waals surface area contributed by atoms with Gasteiger partial charge in [-0.1, -0.05) is 23.7 Å². The van der Waals surface area contributed by atoms with E-state index in [1.165, 1.54) is 6.07 Å². The molecule has 0 bridgehead atoms. The van der Waals surface area contributed by atoms with Gasteiger partial charge in [0, 0.05) is 11.2 Å². The standard InChI is InChI=1S/C12H11ClN2O2/c1-8-2-3-9(10(13)6-8)7-15-5-4-11(14-15)12(16)17/h2-6H,7H2,1H3,(H,16,17). The maximum Gasteiger partial charge on any atom is 0.356 e. The molecule has 0 radical (unpaired) electrons. The van der Waals surface area contributed by atoms with Crippen molar-refractivity contribution in [2.75, 3.05) is 0 Å². The van der Waals surface area contributed by atoms with Gasteiger partial charge in [0.2, 0.25) is 0 Å². The lowest BCUT2D eigenvalue weighted by atomic mass is 10.1. The number of hydrogen-bond donors (Lipinski definition) is 1. The highest BCUT2D eigenvalue weighted by atomic mass is 35.5. The summed E-state index contributed by atoms with van der Waals surface area (Å²) < 4.78 is 1.56. The van der Waals surface area contributed by atoms with E-state index in [0.29, 0.717) is 11.6 Å². The van der Waals surface area contributed by atoms with Crippen molar-refractivity contribution in [2.24, 2.45) is 0 Å². The van der Waals surface area contributed by atoms with Gasteiger partial charge < -0.3 is 5.11 Å². The van der Waals surface area contributed by atoms with Gasteiger partial charge in [0.1, 0.15) is 0 Å². The highest BCUT2D eigenvalue weighted by Gasteiger charge is 2.08. The van der Waals surface area contributed by atoms with Crippen molar-refractivity contribution in [1.29, 1.82) is 0 Å². The summed E-state index contributed by atoms with van der Waals surface area (Å²) in [6, 6.07) is 7.21. The second kappa shape index (κ2) is 4.59. The molecule has 1 aromatic carbocycles. The first-order chi connectivity index (χ1) is 8.06. The van der Waals surface area contributed by atoms with Crippen LogP contribution in [0.15, 0.2) is 30.5 Å². The Hall–Kier alpha value is -1.81. The van der Waals surface area contributed by atoms with Gasteiger partial charge in [-0.3, -0.25) is 4.68 Å². The van der Waals surface area contributed by atoms with Gasteiger partial charge in [0.15, 0.2) is 5.69 Å². The third kappa shape index (κ3) is 2.65. The summed E-state index contributed by atoms with van der Waals surface area (Å²) in [7, 11) is 0. The molecular formula is C12H11ClN2O2. The van der Waals surface area contributed by atoms with Crippen molar-refractivity contribution in [3.63, 3.8) is 0 Å². The van der Waals surface area contributed by atoms with E-state index in [0.717, 1.165) is 11.1 Å². The van der Waals surface area contributed by atoms with Gasteiger partial charge in [-0.2, -0.15) is 5.10 Å². The Bertz CT molecular complexity index is 563. The summed E-state index contributed by atoms with van der Waals surface area (Å²) in [5.41, 5.74) is 2.04. The molecule has 4 nitrogen and oxygen atoms in total. The minimum atomic E-state index is -1.03. The van der Waals surface area contributed by atoms with Crippen LogP contribution in [0.5, 0.6) is 0 Å². The van der Waals surface area contributed by atoms with E-state index in [2.05, 4.69) is 5.10 Å². The highest BCUT2D eigenvalue weighted by molar-refractivity contribution is 6.31. The predicted octanol–water partition coefficient (Wildman–Crippen LogP) is 2.59. The topological polar surface area (TPSA) is 55.1 Å². The van der Waals surface area contributed by atoms with Crippen LogP contribution in [-0.2, 0) is 6.54 Å². The molecular weight excluding hydrogens is 240 g/mol. The number of carbonyl (C=O) groups is 1. The average Bonchev–Trinajstić information content (AvgIpc) is 2.71. The van der Waals surface area contributed by atoms with Crippen molar-refractivity contribution >= 4 is 17.6 Å². The number of halogens is 1. The minimum absolute atomic E-state index is 0.0354. The number of rotatable bonds is 3. The van der Waals surface area contributed by atoms with E-state index in [-0.39, 0.29) is 5.69 Å². The van der Waals surface area contributed by atoms with Crippen LogP contribution in [0.25, 0.3) is 0 Å². The number of carboxylic acid groups (broad SMARTS) is 1. The molecule has 0 aliphatic carbocycles. The third-order valence-corrected chi connectivity index (χ3v) is 2.75. The fourth-order valence-corrected chi connectivity index (χ4v) is 1.81. The van der Waals surface area contributed by atoms with Crippen molar-refractivity contribution in [2.45, 2.75) is 13.5 Å². The van der Waals surface area contributed by atoms with E-state index in [9.17, 15) is 4.79 Å². The zero-order chi connectivity index (χ0) is 12.4. The number of carboxylic acids is 1. The number of aryl methyl sites for hydroxylation is 1. The van der Waals surface area contributed by atoms with E-state index >= 15 is 0 Å². The van der Waals surface area contributed by atoms with E-state index in [4.69, 9.17) is 16.7 Å². The van der Waals surface area contributed by atoms with E-state index in [1.807, 2.05) is 25.1 Å². The Kier molecular flexibility index (Phi) is 3.15. The molecule has 0 atom stereocenters. The molecule has 88 valence electrons. The second-order valence-electron chi connectivity index (χ2n) is 3.80. The van der Waals surface area contributed by atoms with Gasteiger partial charge in [-0.15, -0.1) is 0 Å². The van der Waals surface area contributed by atoms with Gasteiger partial charge in [0.05, 0.1) is 6.54 Å². The first kappa shape index (κ1) is 11.7. The monoisotopic (exact) mass is 250 g/mol. The van der Waals surface area contributed by atoms with Crippen LogP contribution in [0.3, 0.4) is 0 Å². The van der Waals surface area contributed by atoms with Crippen LogP contribution in [0.2, 0.25) is 5.02 Å². The Morgan fingerprint density at radius 2 is 2.24 bits per heavy atom. The Morgan fingerprint density at radius 1 is 1.47 bits per heavy atom. The largest absolute Gasteiger partial charge is 0.476 e. The van der Waals surface area contributed by atoms with Crippen molar-refractivity contribution in [1.82, 2.24) is 9.78 Å². The average molecular weight is 251 g/mol. The first-order valence-electron chi connectivity index (χ1n) is 5.08. The molecule has 0 amide bonds. The summed E-state index contributed by atoms with van der Waals surface area (Å²) >= 11 is 6.09. The van der Waals surface area contributed by atoms with Crippen LogP contribution in [0.4, 0.5) is 0 Å². The van der Waals surface area contributed by atoms with Crippen molar-refractivity contribution < 1.29 is 9.90 Å². The molecule has 0 fully saturated rings. The van der Waals surface area contributed by atoms with Crippen molar-refractivity contribution in [3.05, 3.63) is 52.3 Å². The number of aromatic carboxylic acids is 1. The van der Waals surface area contributed by atoms with Crippen molar-refractivity contribution in [3.8, 4) is 0 Å². The van der Waals surface area contributed by atoms with Crippen LogP contribution in [-0.4, -0.2) is 20.9 Å². The lowest BCUT2D eigenvalue weighted by molar-refractivity contribution is 0.0689. The molecule has 0 aliphatic heterocycles. The molecule has 0 spiro atoms. The smallest absolute Gasteiger partial charge is 0.356 e. The lowest BCUT2D eigenvalue weighted by Crippen LogP contribution is -2.04. The Balaban J connectivity index is 2.22. The fraction of sp³-hybridized carbons (Fsp3) is 0.167. The zero-order valence-electron chi connectivity index (χ0n) is 9.22. The summed E-state index contributed by atoms with van der Waals surface area (Å²) in [5.74, 6) is -1.03. The molecule has 5 heteroatoms. The van der Waals surface area contributed by atoms with E-state index < -0.39 is 5.97 Å². The normalized spacial score (nSPS) is 10.5. The third-order valence-electron chi connectivity index (χ3n) is 2.40. The summed E-state index contributed by atoms with van der Waals surface area (Å²) in [5, 5.41) is 13.3. The molecule has 0 saturated heterocycles. The Labute approximate surface area is 103 Å². The van der Waals surface area contributed by atoms with Crippen LogP contribution in [0, 0.1) is 6.92 Å². The van der Waals surface area contributed by atoms with Gasteiger partial charge in [-0.25, -0.2) is 4.79 Å². The molecule has 0 saturated carbocycles. The molecule has 1 N–H and O–H groups in total. The molecule has 17 heavy (non-hydrogen) atoms. The number of hydrogen-bond acceptors (Lipinski definition) is 2. The molecule has 1 aromatic heterocycles. The number of nitrogens with zero attached hydrogens (tertiary/aromatic N) is 2.